The van der Waals surface area contributed by atoms with Crippen LogP contribution in [-0.4, -0.2) is 36.7 Å². The number of halogens is 1. The van der Waals surface area contributed by atoms with Gasteiger partial charge in [-0.15, -0.1) is 0 Å². The standard InChI is InChI=1S/C26H31FO5/c27-21-7-23(32-12-25-8-15-3-16(9-25)5-17(4-15)10-25)19(18-1-2-18)6-20(21)22(28)11-26(24(29)30)13-31-14-26/h6-7,15-18H,1-5,8-14H2,(H,29,30). The van der Waals surface area contributed by atoms with E-state index in [-0.39, 0.29) is 30.6 Å². The summed E-state index contributed by atoms with van der Waals surface area (Å²) in [6, 6.07) is 3.02. The van der Waals surface area contributed by atoms with Crippen LogP contribution in [-0.2, 0) is 9.53 Å². The topological polar surface area (TPSA) is 72.8 Å². The first-order chi connectivity index (χ1) is 15.3. The predicted molar refractivity (Wildman–Crippen MR) is 114 cm³/mol. The fourth-order valence-corrected chi connectivity index (χ4v) is 7.37. The first-order valence-electron chi connectivity index (χ1n) is 12.2. The Morgan fingerprint density at radius 1 is 1.06 bits per heavy atom. The predicted octanol–water partition coefficient (Wildman–Crippen LogP) is 4.97. The molecule has 1 saturated heterocycles. The van der Waals surface area contributed by atoms with Crippen LogP contribution in [0.4, 0.5) is 4.39 Å². The molecule has 0 radical (unpaired) electrons. The van der Waals surface area contributed by atoms with E-state index < -0.39 is 23.0 Å². The van der Waals surface area contributed by atoms with Crippen LogP contribution in [0.1, 0.15) is 79.6 Å². The van der Waals surface area contributed by atoms with Gasteiger partial charge in [-0.2, -0.15) is 0 Å². The van der Waals surface area contributed by atoms with E-state index in [1.807, 2.05) is 0 Å². The maximum absolute atomic E-state index is 15.1. The van der Waals surface area contributed by atoms with Crippen LogP contribution in [0.3, 0.4) is 0 Å². The number of benzene rings is 1. The molecule has 5 aliphatic carbocycles. The Labute approximate surface area is 187 Å². The van der Waals surface area contributed by atoms with Crippen LogP contribution in [0.15, 0.2) is 12.1 Å². The fourth-order valence-electron chi connectivity index (χ4n) is 7.37. The number of hydrogen-bond donors (Lipinski definition) is 1. The van der Waals surface area contributed by atoms with Crippen molar-refractivity contribution >= 4 is 11.8 Å². The molecule has 1 N–H and O–H groups in total. The minimum atomic E-state index is -1.23. The van der Waals surface area contributed by atoms with Gasteiger partial charge in [0.1, 0.15) is 17.0 Å². The summed E-state index contributed by atoms with van der Waals surface area (Å²) in [4.78, 5) is 24.5. The number of hydrogen-bond acceptors (Lipinski definition) is 4. The summed E-state index contributed by atoms with van der Waals surface area (Å²) in [6.07, 6.45) is 9.61. The van der Waals surface area contributed by atoms with Crippen molar-refractivity contribution in [2.24, 2.45) is 28.6 Å². The van der Waals surface area contributed by atoms with Gasteiger partial charge in [-0.1, -0.05) is 0 Å². The monoisotopic (exact) mass is 442 g/mol. The fraction of sp³-hybridized carbons (Fsp3) is 0.692. The van der Waals surface area contributed by atoms with Crippen LogP contribution in [0, 0.1) is 34.4 Å². The zero-order chi connectivity index (χ0) is 22.1. The Morgan fingerprint density at radius 3 is 2.19 bits per heavy atom. The van der Waals surface area contributed by atoms with Gasteiger partial charge in [0.15, 0.2) is 5.78 Å². The number of rotatable bonds is 8. The number of Topliss-reactive ketones (excluding diaryl/α,β-unsaturated/α-hetero) is 1. The molecule has 1 aromatic carbocycles. The van der Waals surface area contributed by atoms with Crippen molar-refractivity contribution in [2.75, 3.05) is 19.8 Å². The van der Waals surface area contributed by atoms with Gasteiger partial charge in [0.05, 0.1) is 25.4 Å². The highest BCUT2D eigenvalue weighted by molar-refractivity contribution is 5.99. The van der Waals surface area contributed by atoms with Gasteiger partial charge in [-0.3, -0.25) is 9.59 Å². The number of carboxylic acid groups (broad SMARTS) is 1. The Bertz CT molecular complexity index is 926. The van der Waals surface area contributed by atoms with Gasteiger partial charge in [-0.05, 0) is 86.7 Å². The molecule has 7 rings (SSSR count). The molecule has 4 bridgehead atoms. The highest BCUT2D eigenvalue weighted by Crippen LogP contribution is 2.60. The zero-order valence-electron chi connectivity index (χ0n) is 18.4. The van der Waals surface area contributed by atoms with Gasteiger partial charge >= 0.3 is 5.97 Å². The molecule has 6 heteroatoms. The average Bonchev–Trinajstić information content (AvgIpc) is 3.53. The third-order valence-corrected chi connectivity index (χ3v) is 8.83. The van der Waals surface area contributed by atoms with Crippen molar-refractivity contribution < 1.29 is 28.6 Å². The highest BCUT2D eigenvalue weighted by atomic mass is 19.1. The molecular weight excluding hydrogens is 411 g/mol. The van der Waals surface area contributed by atoms with Gasteiger partial charge in [0.2, 0.25) is 0 Å². The van der Waals surface area contributed by atoms with Crippen molar-refractivity contribution in [1.82, 2.24) is 0 Å². The molecule has 5 nitrogen and oxygen atoms in total. The van der Waals surface area contributed by atoms with E-state index in [0.717, 1.165) is 36.2 Å². The number of ketones is 1. The van der Waals surface area contributed by atoms with E-state index in [2.05, 4.69) is 0 Å². The quantitative estimate of drug-likeness (QED) is 0.576. The largest absolute Gasteiger partial charge is 0.493 e. The second-order valence-corrected chi connectivity index (χ2v) is 11.5. The van der Waals surface area contributed by atoms with E-state index in [1.165, 1.54) is 44.6 Å². The number of aliphatic carboxylic acids is 1. The van der Waals surface area contributed by atoms with Crippen molar-refractivity contribution in [3.05, 3.63) is 29.1 Å². The summed E-state index contributed by atoms with van der Waals surface area (Å²) in [7, 11) is 0. The second-order valence-electron chi connectivity index (χ2n) is 11.5. The smallest absolute Gasteiger partial charge is 0.314 e. The van der Waals surface area contributed by atoms with E-state index in [0.29, 0.717) is 18.3 Å². The number of carboxylic acids is 1. The molecule has 1 aliphatic heterocycles. The number of ether oxygens (including phenoxy) is 2. The first-order valence-corrected chi connectivity index (χ1v) is 12.2. The van der Waals surface area contributed by atoms with E-state index in [1.54, 1.807) is 6.07 Å². The van der Waals surface area contributed by atoms with Crippen LogP contribution < -0.4 is 4.74 Å². The van der Waals surface area contributed by atoms with Crippen molar-refractivity contribution in [2.45, 2.75) is 63.7 Å². The third-order valence-electron chi connectivity index (χ3n) is 8.83. The molecule has 1 aromatic rings. The molecule has 172 valence electrons. The van der Waals surface area contributed by atoms with Crippen molar-refractivity contribution in [3.63, 3.8) is 0 Å². The molecule has 1 heterocycles. The van der Waals surface area contributed by atoms with Crippen LogP contribution in [0.2, 0.25) is 0 Å². The minimum Gasteiger partial charge on any atom is -0.493 e. The number of carbonyl (C=O) groups excluding carboxylic acids is 1. The van der Waals surface area contributed by atoms with E-state index in [4.69, 9.17) is 9.47 Å². The van der Waals surface area contributed by atoms with Crippen LogP contribution in [0.25, 0.3) is 0 Å². The van der Waals surface area contributed by atoms with Gasteiger partial charge in [0.25, 0.3) is 0 Å². The van der Waals surface area contributed by atoms with Crippen molar-refractivity contribution in [3.8, 4) is 5.75 Å². The molecule has 5 saturated carbocycles. The normalized spacial score (nSPS) is 34.2. The Kier molecular flexibility index (Phi) is 4.69. The SMILES string of the molecule is O=C(CC1(C(=O)O)COC1)c1cc(C2CC2)c(OCC23CC4CC(CC(C4)C2)C3)cc1F. The maximum atomic E-state index is 15.1. The van der Waals surface area contributed by atoms with E-state index >= 15 is 4.39 Å². The summed E-state index contributed by atoms with van der Waals surface area (Å²) >= 11 is 0. The van der Waals surface area contributed by atoms with Gasteiger partial charge in [0, 0.05) is 17.9 Å². The lowest BCUT2D eigenvalue weighted by atomic mass is 9.50. The molecule has 0 unspecified atom stereocenters. The lowest BCUT2D eigenvalue weighted by Gasteiger charge is -2.56. The summed E-state index contributed by atoms with van der Waals surface area (Å²) in [5, 5.41) is 9.49. The Balaban J connectivity index is 1.22. The Morgan fingerprint density at radius 2 is 1.69 bits per heavy atom. The van der Waals surface area contributed by atoms with Gasteiger partial charge in [-0.25, -0.2) is 4.39 Å². The molecule has 0 aromatic heterocycles. The molecule has 6 fully saturated rings. The number of carbonyl (C=O) groups is 2. The average molecular weight is 443 g/mol. The van der Waals surface area contributed by atoms with Gasteiger partial charge < -0.3 is 14.6 Å². The first kappa shape index (κ1) is 20.6. The lowest BCUT2D eigenvalue weighted by molar-refractivity contribution is -0.178. The van der Waals surface area contributed by atoms with E-state index in [9.17, 15) is 14.7 Å². The third kappa shape index (κ3) is 3.46. The van der Waals surface area contributed by atoms with Crippen LogP contribution >= 0.6 is 0 Å². The Hall–Kier alpha value is -1.95. The lowest BCUT2D eigenvalue weighted by Crippen LogP contribution is -2.50. The molecular formula is C26H31FO5. The summed E-state index contributed by atoms with van der Waals surface area (Å²) in [5.74, 6) is 1.25. The zero-order valence-corrected chi connectivity index (χ0v) is 18.4. The molecule has 0 atom stereocenters. The minimum absolute atomic E-state index is 0.00255. The molecule has 6 aliphatic rings. The summed E-state index contributed by atoms with van der Waals surface area (Å²) in [5.41, 5.74) is -0.0921. The van der Waals surface area contributed by atoms with Crippen molar-refractivity contribution in [1.29, 1.82) is 0 Å². The maximum Gasteiger partial charge on any atom is 0.314 e. The molecule has 32 heavy (non-hydrogen) atoms. The van der Waals surface area contributed by atoms with Crippen LogP contribution in [0.5, 0.6) is 5.75 Å². The molecule has 0 spiro atoms. The highest BCUT2D eigenvalue weighted by Gasteiger charge is 2.51. The summed E-state index contributed by atoms with van der Waals surface area (Å²) < 4.78 is 26.5. The second kappa shape index (κ2) is 7.28. The molecule has 0 amide bonds. The summed E-state index contributed by atoms with van der Waals surface area (Å²) in [6.45, 7) is 0.636.